The number of amides is 1. The van der Waals surface area contributed by atoms with E-state index in [1.54, 1.807) is 6.07 Å². The van der Waals surface area contributed by atoms with E-state index in [1.165, 1.54) is 7.11 Å². The maximum absolute atomic E-state index is 10.9. The Morgan fingerprint density at radius 2 is 2.20 bits per heavy atom. The average Bonchev–Trinajstić information content (AvgIpc) is 2.39. The summed E-state index contributed by atoms with van der Waals surface area (Å²) < 4.78 is 5.05. The van der Waals surface area contributed by atoms with Gasteiger partial charge in [-0.1, -0.05) is 0 Å². The number of primary amides is 1. The molecule has 110 valence electrons. The van der Waals surface area contributed by atoms with Crippen molar-refractivity contribution in [3.8, 4) is 5.88 Å². The lowest BCUT2D eigenvalue weighted by Crippen LogP contribution is -2.43. The van der Waals surface area contributed by atoms with Crippen LogP contribution in [0.3, 0.4) is 0 Å². The molecule has 0 saturated carbocycles. The zero-order chi connectivity index (χ0) is 14.5. The third kappa shape index (κ3) is 3.95. The average molecular weight is 280 g/mol. The highest BCUT2D eigenvalue weighted by molar-refractivity contribution is 5.75. The molecule has 0 radical (unpaired) electrons. The Hall–Kier alpha value is -2.09. The number of piperidine rings is 1. The summed E-state index contributed by atoms with van der Waals surface area (Å²) in [5.74, 6) is 0.983. The Balaban J connectivity index is 1.89. The van der Waals surface area contributed by atoms with Crippen LogP contribution in [0.2, 0.25) is 0 Å². The second-order valence-electron chi connectivity index (χ2n) is 4.81. The van der Waals surface area contributed by atoms with Gasteiger partial charge in [0.05, 0.1) is 13.7 Å². The highest BCUT2D eigenvalue weighted by atomic mass is 16.5. The van der Waals surface area contributed by atoms with Gasteiger partial charge in [-0.25, -0.2) is 0 Å². The predicted octanol–water partition coefficient (Wildman–Crippen LogP) is -0.571. The number of hydrogen-bond donors (Lipinski definition) is 3. The van der Waals surface area contributed by atoms with Crippen molar-refractivity contribution >= 4 is 17.7 Å². The number of nitrogen functional groups attached to an aromatic ring is 1. The highest BCUT2D eigenvalue weighted by Crippen LogP contribution is 2.18. The second kappa shape index (κ2) is 6.38. The maximum Gasteiger partial charge on any atom is 0.231 e. The number of likely N-dealkylation sites (tertiary alicyclic amines) is 1. The smallest absolute Gasteiger partial charge is 0.231 e. The van der Waals surface area contributed by atoms with E-state index in [4.69, 9.17) is 16.2 Å². The first kappa shape index (κ1) is 14.3. The third-order valence-electron chi connectivity index (χ3n) is 3.25. The van der Waals surface area contributed by atoms with Crippen LogP contribution in [0.5, 0.6) is 5.88 Å². The van der Waals surface area contributed by atoms with Gasteiger partial charge in [0.25, 0.3) is 0 Å². The van der Waals surface area contributed by atoms with Gasteiger partial charge in [0.1, 0.15) is 5.82 Å². The molecule has 2 heterocycles. The molecule has 0 atom stereocenters. The standard InChI is InChI=1S/C12H20N6O2/c1-20-11-6-10(16-12(14)17-11)15-8-2-4-18(5-3-8)7-9(13)19/h6,8H,2-5,7H2,1H3,(H2,13,19)(H3,14,15,16,17). The number of nitrogens with one attached hydrogen (secondary N) is 1. The molecule has 1 aliphatic rings. The molecule has 1 saturated heterocycles. The molecule has 0 unspecified atom stereocenters. The van der Waals surface area contributed by atoms with Crippen LogP contribution in [0.15, 0.2) is 6.07 Å². The topological polar surface area (TPSA) is 119 Å². The normalized spacial score (nSPS) is 16.9. The molecule has 8 heteroatoms. The van der Waals surface area contributed by atoms with Gasteiger partial charge in [0.2, 0.25) is 17.7 Å². The monoisotopic (exact) mass is 280 g/mol. The number of hydrogen-bond acceptors (Lipinski definition) is 7. The molecule has 1 amide bonds. The van der Waals surface area contributed by atoms with Gasteiger partial charge in [-0.3, -0.25) is 9.69 Å². The summed E-state index contributed by atoms with van der Waals surface area (Å²) in [6, 6.07) is 2.00. The largest absolute Gasteiger partial charge is 0.481 e. The first-order valence-electron chi connectivity index (χ1n) is 6.52. The van der Waals surface area contributed by atoms with Crippen LogP contribution in [-0.2, 0) is 4.79 Å². The first-order chi connectivity index (χ1) is 9.56. The quantitative estimate of drug-likeness (QED) is 0.660. The minimum Gasteiger partial charge on any atom is -0.481 e. The van der Waals surface area contributed by atoms with E-state index in [0.29, 0.717) is 18.2 Å². The number of carbonyl (C=O) groups is 1. The van der Waals surface area contributed by atoms with E-state index in [9.17, 15) is 4.79 Å². The lowest BCUT2D eigenvalue weighted by Gasteiger charge is -2.31. The zero-order valence-corrected chi connectivity index (χ0v) is 11.5. The summed E-state index contributed by atoms with van der Waals surface area (Å²) in [5.41, 5.74) is 10.8. The summed E-state index contributed by atoms with van der Waals surface area (Å²) in [4.78, 5) is 21.0. The van der Waals surface area contributed by atoms with Crippen molar-refractivity contribution in [3.63, 3.8) is 0 Å². The van der Waals surface area contributed by atoms with Gasteiger partial charge in [-0.05, 0) is 12.8 Å². The van der Waals surface area contributed by atoms with E-state index < -0.39 is 0 Å². The Morgan fingerprint density at radius 1 is 1.50 bits per heavy atom. The number of methoxy groups -OCH3 is 1. The second-order valence-corrected chi connectivity index (χ2v) is 4.81. The van der Waals surface area contributed by atoms with Crippen LogP contribution in [0.4, 0.5) is 11.8 Å². The molecule has 1 aliphatic heterocycles. The maximum atomic E-state index is 10.9. The van der Waals surface area contributed by atoms with Gasteiger partial charge in [0.15, 0.2) is 0 Å². The van der Waals surface area contributed by atoms with E-state index in [2.05, 4.69) is 20.2 Å². The van der Waals surface area contributed by atoms with E-state index in [-0.39, 0.29) is 17.9 Å². The Morgan fingerprint density at radius 3 is 2.80 bits per heavy atom. The fourth-order valence-corrected chi connectivity index (χ4v) is 2.29. The van der Waals surface area contributed by atoms with Crippen LogP contribution in [-0.4, -0.2) is 53.6 Å². The van der Waals surface area contributed by atoms with Crippen LogP contribution in [0.1, 0.15) is 12.8 Å². The first-order valence-corrected chi connectivity index (χ1v) is 6.52. The molecule has 0 aliphatic carbocycles. The minimum absolute atomic E-state index is 0.179. The van der Waals surface area contributed by atoms with Crippen molar-refractivity contribution in [1.29, 1.82) is 0 Å². The summed E-state index contributed by atoms with van der Waals surface area (Å²) in [6.07, 6.45) is 1.83. The predicted molar refractivity (Wildman–Crippen MR) is 75.3 cm³/mol. The van der Waals surface area contributed by atoms with E-state index in [1.807, 2.05) is 0 Å². The molecule has 1 fully saturated rings. The summed E-state index contributed by atoms with van der Waals surface area (Å²) in [5, 5.41) is 3.32. The van der Waals surface area contributed by atoms with Crippen molar-refractivity contribution in [1.82, 2.24) is 14.9 Å². The van der Waals surface area contributed by atoms with Crippen molar-refractivity contribution in [2.24, 2.45) is 5.73 Å². The molecule has 2 rings (SSSR count). The molecule has 0 spiro atoms. The van der Waals surface area contributed by atoms with Gasteiger partial charge in [0, 0.05) is 25.2 Å². The molecule has 8 nitrogen and oxygen atoms in total. The van der Waals surface area contributed by atoms with Gasteiger partial charge < -0.3 is 21.5 Å². The number of anilines is 2. The van der Waals surface area contributed by atoms with E-state index >= 15 is 0 Å². The Bertz CT molecular complexity index is 473. The fourth-order valence-electron chi connectivity index (χ4n) is 2.29. The number of nitrogens with two attached hydrogens (primary N) is 2. The number of carbonyl (C=O) groups excluding carboxylic acids is 1. The third-order valence-corrected chi connectivity index (χ3v) is 3.25. The summed E-state index contributed by atoms with van der Waals surface area (Å²) >= 11 is 0. The molecular weight excluding hydrogens is 260 g/mol. The summed E-state index contributed by atoms with van der Waals surface area (Å²) in [6.45, 7) is 1.98. The highest BCUT2D eigenvalue weighted by Gasteiger charge is 2.20. The van der Waals surface area contributed by atoms with Crippen molar-refractivity contribution in [2.45, 2.75) is 18.9 Å². The van der Waals surface area contributed by atoms with Crippen molar-refractivity contribution < 1.29 is 9.53 Å². The molecule has 0 bridgehead atoms. The number of rotatable bonds is 5. The Kier molecular flexibility index (Phi) is 4.57. The molecule has 0 aromatic carbocycles. The number of nitrogens with zero attached hydrogens (tertiary/aromatic N) is 3. The van der Waals surface area contributed by atoms with Crippen LogP contribution in [0.25, 0.3) is 0 Å². The zero-order valence-electron chi connectivity index (χ0n) is 11.5. The van der Waals surface area contributed by atoms with Gasteiger partial charge in [-0.15, -0.1) is 0 Å². The van der Waals surface area contributed by atoms with Gasteiger partial charge in [-0.2, -0.15) is 9.97 Å². The number of aromatic nitrogens is 2. The lowest BCUT2D eigenvalue weighted by molar-refractivity contribution is -0.119. The van der Waals surface area contributed by atoms with Crippen LogP contribution < -0.4 is 21.5 Å². The number of ether oxygens (including phenoxy) is 1. The summed E-state index contributed by atoms with van der Waals surface area (Å²) in [7, 11) is 1.54. The molecular formula is C12H20N6O2. The molecule has 1 aromatic heterocycles. The van der Waals surface area contributed by atoms with Crippen LogP contribution >= 0.6 is 0 Å². The van der Waals surface area contributed by atoms with Gasteiger partial charge >= 0.3 is 0 Å². The SMILES string of the molecule is COc1cc(NC2CCN(CC(N)=O)CC2)nc(N)n1. The molecule has 20 heavy (non-hydrogen) atoms. The molecule has 1 aromatic rings. The fraction of sp³-hybridized carbons (Fsp3) is 0.583. The van der Waals surface area contributed by atoms with Crippen molar-refractivity contribution in [2.75, 3.05) is 37.8 Å². The molecule has 5 N–H and O–H groups in total. The minimum atomic E-state index is -0.287. The van der Waals surface area contributed by atoms with Crippen molar-refractivity contribution in [3.05, 3.63) is 6.07 Å². The van der Waals surface area contributed by atoms with Crippen LogP contribution in [0, 0.1) is 0 Å². The lowest BCUT2D eigenvalue weighted by atomic mass is 10.1. The Labute approximate surface area is 117 Å². The van der Waals surface area contributed by atoms with E-state index in [0.717, 1.165) is 25.9 Å².